The number of hydrogen-bond donors (Lipinski definition) is 2. The molecule has 98 valence electrons. The van der Waals surface area contributed by atoms with Crippen molar-refractivity contribution in [3.8, 4) is 0 Å². The van der Waals surface area contributed by atoms with Crippen molar-refractivity contribution in [2.45, 2.75) is 19.4 Å². The SMILES string of the molecule is CC1CC(CN)CN1C(=O)c1ccc(C(N)=O)s1. The minimum atomic E-state index is -0.492. The van der Waals surface area contributed by atoms with Crippen molar-refractivity contribution >= 4 is 23.2 Å². The van der Waals surface area contributed by atoms with Gasteiger partial charge in [-0.05, 0) is 37.9 Å². The highest BCUT2D eigenvalue weighted by molar-refractivity contribution is 7.15. The van der Waals surface area contributed by atoms with Crippen LogP contribution < -0.4 is 11.5 Å². The van der Waals surface area contributed by atoms with Gasteiger partial charge in [0.2, 0.25) is 0 Å². The lowest BCUT2D eigenvalue weighted by atomic mass is 10.1. The molecule has 1 aromatic rings. The Morgan fingerprint density at radius 2 is 2.11 bits per heavy atom. The molecular weight excluding hydrogens is 250 g/mol. The number of nitrogens with zero attached hydrogens (tertiary/aromatic N) is 1. The van der Waals surface area contributed by atoms with Gasteiger partial charge in [-0.3, -0.25) is 9.59 Å². The number of primary amides is 1. The van der Waals surface area contributed by atoms with E-state index in [4.69, 9.17) is 11.5 Å². The largest absolute Gasteiger partial charge is 0.365 e. The zero-order valence-corrected chi connectivity index (χ0v) is 11.1. The van der Waals surface area contributed by atoms with E-state index in [2.05, 4.69) is 0 Å². The summed E-state index contributed by atoms with van der Waals surface area (Å²) in [7, 11) is 0. The summed E-state index contributed by atoms with van der Waals surface area (Å²) in [5.74, 6) is -0.149. The number of amides is 2. The summed E-state index contributed by atoms with van der Waals surface area (Å²) in [5, 5.41) is 0. The lowest BCUT2D eigenvalue weighted by Crippen LogP contribution is -2.33. The smallest absolute Gasteiger partial charge is 0.264 e. The highest BCUT2D eigenvalue weighted by atomic mass is 32.1. The van der Waals surface area contributed by atoms with Gasteiger partial charge in [0, 0.05) is 12.6 Å². The molecule has 0 aromatic carbocycles. The predicted octanol–water partition coefficient (Wildman–Crippen LogP) is 0.656. The van der Waals surface area contributed by atoms with Gasteiger partial charge in [-0.1, -0.05) is 0 Å². The number of thiophene rings is 1. The summed E-state index contributed by atoms with van der Waals surface area (Å²) >= 11 is 1.15. The first-order chi connectivity index (χ1) is 8.52. The Morgan fingerprint density at radius 1 is 1.44 bits per heavy atom. The molecule has 2 amide bonds. The number of hydrogen-bond acceptors (Lipinski definition) is 4. The molecule has 1 fully saturated rings. The Morgan fingerprint density at radius 3 is 2.61 bits per heavy atom. The molecule has 2 rings (SSSR count). The first kappa shape index (κ1) is 13.0. The third-order valence-electron chi connectivity index (χ3n) is 3.32. The van der Waals surface area contributed by atoms with E-state index in [1.165, 1.54) is 0 Å². The highest BCUT2D eigenvalue weighted by Crippen LogP contribution is 2.26. The lowest BCUT2D eigenvalue weighted by molar-refractivity contribution is 0.0748. The van der Waals surface area contributed by atoms with Crippen LogP contribution in [0.25, 0.3) is 0 Å². The average Bonchev–Trinajstić information content (AvgIpc) is 2.94. The van der Waals surface area contributed by atoms with Crippen molar-refractivity contribution in [2.75, 3.05) is 13.1 Å². The quantitative estimate of drug-likeness (QED) is 0.843. The van der Waals surface area contributed by atoms with Crippen molar-refractivity contribution < 1.29 is 9.59 Å². The molecule has 2 heterocycles. The molecular formula is C12H17N3O2S. The molecule has 6 heteroatoms. The fourth-order valence-electron chi connectivity index (χ4n) is 2.32. The van der Waals surface area contributed by atoms with Crippen LogP contribution in [-0.2, 0) is 0 Å². The summed E-state index contributed by atoms with van der Waals surface area (Å²) in [6.07, 6.45) is 0.941. The second-order valence-corrected chi connectivity index (χ2v) is 5.76. The molecule has 1 aliphatic rings. The summed E-state index contributed by atoms with van der Waals surface area (Å²) in [6.45, 7) is 3.32. The predicted molar refractivity (Wildman–Crippen MR) is 70.5 cm³/mol. The Bertz CT molecular complexity index is 472. The van der Waals surface area contributed by atoms with E-state index in [0.717, 1.165) is 17.8 Å². The maximum absolute atomic E-state index is 12.3. The molecule has 1 aromatic heterocycles. The molecule has 0 radical (unpaired) electrons. The van der Waals surface area contributed by atoms with E-state index in [1.807, 2.05) is 11.8 Å². The molecule has 5 nitrogen and oxygen atoms in total. The van der Waals surface area contributed by atoms with Crippen LogP contribution in [0, 0.1) is 5.92 Å². The van der Waals surface area contributed by atoms with Gasteiger partial charge in [0.25, 0.3) is 11.8 Å². The van der Waals surface area contributed by atoms with Crippen molar-refractivity contribution in [3.05, 3.63) is 21.9 Å². The molecule has 4 N–H and O–H groups in total. The molecule has 0 saturated carbocycles. The monoisotopic (exact) mass is 267 g/mol. The number of rotatable bonds is 3. The number of carbonyl (C=O) groups excluding carboxylic acids is 2. The minimum absolute atomic E-state index is 0.0315. The van der Waals surface area contributed by atoms with Gasteiger partial charge >= 0.3 is 0 Å². The van der Waals surface area contributed by atoms with Crippen LogP contribution in [0.5, 0.6) is 0 Å². The van der Waals surface area contributed by atoms with E-state index in [-0.39, 0.29) is 11.9 Å². The lowest BCUT2D eigenvalue weighted by Gasteiger charge is -2.20. The highest BCUT2D eigenvalue weighted by Gasteiger charge is 2.32. The van der Waals surface area contributed by atoms with Crippen LogP contribution in [0.15, 0.2) is 12.1 Å². The van der Waals surface area contributed by atoms with E-state index in [0.29, 0.717) is 28.8 Å². The summed E-state index contributed by atoms with van der Waals surface area (Å²) in [4.78, 5) is 26.1. The van der Waals surface area contributed by atoms with Crippen molar-refractivity contribution in [1.82, 2.24) is 4.90 Å². The van der Waals surface area contributed by atoms with Crippen LogP contribution in [0.1, 0.15) is 32.7 Å². The van der Waals surface area contributed by atoms with Crippen molar-refractivity contribution in [3.63, 3.8) is 0 Å². The third kappa shape index (κ3) is 2.39. The molecule has 2 atom stereocenters. The Balaban J connectivity index is 2.13. The van der Waals surface area contributed by atoms with Crippen LogP contribution in [-0.4, -0.2) is 35.8 Å². The second-order valence-electron chi connectivity index (χ2n) is 4.67. The Labute approximate surface area is 110 Å². The summed E-state index contributed by atoms with van der Waals surface area (Å²) in [6, 6.07) is 3.46. The fourth-order valence-corrected chi connectivity index (χ4v) is 3.14. The number of nitrogens with two attached hydrogens (primary N) is 2. The van der Waals surface area contributed by atoms with E-state index >= 15 is 0 Å². The van der Waals surface area contributed by atoms with Crippen molar-refractivity contribution in [2.24, 2.45) is 17.4 Å². The minimum Gasteiger partial charge on any atom is -0.365 e. The van der Waals surface area contributed by atoms with Crippen LogP contribution in [0.4, 0.5) is 0 Å². The van der Waals surface area contributed by atoms with Crippen LogP contribution >= 0.6 is 11.3 Å². The molecule has 0 bridgehead atoms. The molecule has 2 unspecified atom stereocenters. The molecule has 1 saturated heterocycles. The summed E-state index contributed by atoms with van der Waals surface area (Å²) < 4.78 is 0. The molecule has 0 aliphatic carbocycles. The Hall–Kier alpha value is -1.40. The zero-order valence-electron chi connectivity index (χ0n) is 10.3. The van der Waals surface area contributed by atoms with Crippen molar-refractivity contribution in [1.29, 1.82) is 0 Å². The van der Waals surface area contributed by atoms with E-state index in [1.54, 1.807) is 12.1 Å². The third-order valence-corrected chi connectivity index (χ3v) is 4.40. The first-order valence-corrected chi connectivity index (χ1v) is 6.75. The molecule has 0 spiro atoms. The average molecular weight is 267 g/mol. The summed E-state index contributed by atoms with van der Waals surface area (Å²) in [5.41, 5.74) is 10.8. The molecule has 1 aliphatic heterocycles. The van der Waals surface area contributed by atoms with E-state index in [9.17, 15) is 9.59 Å². The Kier molecular flexibility index (Phi) is 3.68. The van der Waals surface area contributed by atoms with Gasteiger partial charge in [0.1, 0.15) is 0 Å². The molecule has 18 heavy (non-hydrogen) atoms. The number of carbonyl (C=O) groups is 2. The van der Waals surface area contributed by atoms with E-state index < -0.39 is 5.91 Å². The van der Waals surface area contributed by atoms with Crippen LogP contribution in [0.3, 0.4) is 0 Å². The standard InChI is InChI=1S/C12H17N3O2S/c1-7-4-8(5-13)6-15(7)12(17)10-3-2-9(18-10)11(14)16/h2-3,7-8H,4-6,13H2,1H3,(H2,14,16). The van der Waals surface area contributed by atoms with Gasteiger partial charge in [0.05, 0.1) is 9.75 Å². The fraction of sp³-hybridized carbons (Fsp3) is 0.500. The van der Waals surface area contributed by atoms with Crippen LogP contribution in [0.2, 0.25) is 0 Å². The van der Waals surface area contributed by atoms with Gasteiger partial charge < -0.3 is 16.4 Å². The topological polar surface area (TPSA) is 89.4 Å². The maximum atomic E-state index is 12.3. The second kappa shape index (κ2) is 5.07. The normalized spacial score (nSPS) is 23.3. The number of likely N-dealkylation sites (tertiary alicyclic amines) is 1. The van der Waals surface area contributed by atoms with Gasteiger partial charge in [0.15, 0.2) is 0 Å². The van der Waals surface area contributed by atoms with Gasteiger partial charge in [-0.25, -0.2) is 0 Å². The zero-order chi connectivity index (χ0) is 13.3. The maximum Gasteiger partial charge on any atom is 0.264 e. The van der Waals surface area contributed by atoms with Gasteiger partial charge in [-0.2, -0.15) is 0 Å². The van der Waals surface area contributed by atoms with Gasteiger partial charge in [-0.15, -0.1) is 11.3 Å². The first-order valence-electron chi connectivity index (χ1n) is 5.93.